The van der Waals surface area contributed by atoms with Gasteiger partial charge in [0.05, 0.1) is 10.7 Å². The highest BCUT2D eigenvalue weighted by Crippen LogP contribution is 2.25. The third-order valence-electron chi connectivity index (χ3n) is 1.67. The third kappa shape index (κ3) is 4.83. The van der Waals surface area contributed by atoms with Gasteiger partial charge in [-0.15, -0.1) is 5.10 Å². The van der Waals surface area contributed by atoms with Gasteiger partial charge in [-0.2, -0.15) is 5.10 Å². The lowest BCUT2D eigenvalue weighted by atomic mass is 10.2. The summed E-state index contributed by atoms with van der Waals surface area (Å²) >= 11 is 3.37. The van der Waals surface area contributed by atoms with Gasteiger partial charge >= 0.3 is 0 Å². The molecule has 0 amide bonds. The predicted molar refractivity (Wildman–Crippen MR) is 70.0 cm³/mol. The summed E-state index contributed by atoms with van der Waals surface area (Å²) in [6.45, 7) is 0.194. The molecule has 0 aromatic heterocycles. The normalized spacial score (nSPS) is 10.5. The molecule has 4 N–H and O–H groups in total. The number of nitrogens with two attached hydrogens (primary N) is 2. The zero-order valence-electron chi connectivity index (χ0n) is 9.26. The molecule has 7 heteroatoms. The van der Waals surface area contributed by atoms with Crippen LogP contribution in [0.3, 0.4) is 0 Å². The summed E-state index contributed by atoms with van der Waals surface area (Å²) in [5, 5.41) is 7.20. The SMILES string of the molecule is COCOc1ccc(C=NN=C(N)N)cc1Br. The molecular formula is C10H13BrN4O2. The molecular weight excluding hydrogens is 288 g/mol. The van der Waals surface area contributed by atoms with Crippen molar-refractivity contribution in [3.05, 3.63) is 28.2 Å². The molecule has 0 aliphatic carbocycles. The van der Waals surface area contributed by atoms with Crippen molar-refractivity contribution < 1.29 is 9.47 Å². The van der Waals surface area contributed by atoms with Crippen LogP contribution in [0.15, 0.2) is 32.9 Å². The molecule has 0 bridgehead atoms. The average molecular weight is 301 g/mol. The Labute approximate surface area is 107 Å². The number of hydrogen-bond donors (Lipinski definition) is 2. The molecule has 0 saturated heterocycles. The first-order chi connectivity index (χ1) is 8.13. The summed E-state index contributed by atoms with van der Waals surface area (Å²) in [5.74, 6) is 0.603. The van der Waals surface area contributed by atoms with E-state index in [9.17, 15) is 0 Å². The van der Waals surface area contributed by atoms with Crippen molar-refractivity contribution in [1.29, 1.82) is 0 Å². The molecule has 0 radical (unpaired) electrons. The molecule has 6 nitrogen and oxygen atoms in total. The number of methoxy groups -OCH3 is 1. The first-order valence-electron chi connectivity index (χ1n) is 4.66. The van der Waals surface area contributed by atoms with E-state index in [0.29, 0.717) is 5.75 Å². The molecule has 0 aliphatic heterocycles. The lowest BCUT2D eigenvalue weighted by Gasteiger charge is -2.06. The molecule has 0 heterocycles. The van der Waals surface area contributed by atoms with E-state index in [-0.39, 0.29) is 12.8 Å². The Morgan fingerprint density at radius 3 is 2.82 bits per heavy atom. The van der Waals surface area contributed by atoms with Crippen LogP contribution in [0, 0.1) is 0 Å². The molecule has 0 unspecified atom stereocenters. The van der Waals surface area contributed by atoms with Gasteiger partial charge in [0.25, 0.3) is 0 Å². The van der Waals surface area contributed by atoms with E-state index in [4.69, 9.17) is 20.9 Å². The molecule has 1 aromatic carbocycles. The monoisotopic (exact) mass is 300 g/mol. The highest BCUT2D eigenvalue weighted by Gasteiger charge is 2.01. The van der Waals surface area contributed by atoms with Crippen LogP contribution in [0.25, 0.3) is 0 Å². The molecule has 1 rings (SSSR count). The van der Waals surface area contributed by atoms with Crippen LogP contribution in [0.2, 0.25) is 0 Å². The maximum atomic E-state index is 5.30. The van der Waals surface area contributed by atoms with Crippen LogP contribution < -0.4 is 16.2 Å². The fourth-order valence-electron chi connectivity index (χ4n) is 0.999. The van der Waals surface area contributed by atoms with Crippen molar-refractivity contribution in [3.63, 3.8) is 0 Å². The highest BCUT2D eigenvalue weighted by molar-refractivity contribution is 9.10. The van der Waals surface area contributed by atoms with Crippen LogP contribution in [0.5, 0.6) is 5.75 Å². The quantitative estimate of drug-likeness (QED) is 0.367. The maximum Gasteiger partial charge on any atom is 0.211 e. The highest BCUT2D eigenvalue weighted by atomic mass is 79.9. The first kappa shape index (κ1) is 13.5. The minimum atomic E-state index is -0.0830. The molecule has 0 atom stereocenters. The van der Waals surface area contributed by atoms with Crippen LogP contribution in [0.1, 0.15) is 5.56 Å². The predicted octanol–water partition coefficient (Wildman–Crippen LogP) is 1.04. The Bertz CT molecular complexity index is 430. The van der Waals surface area contributed by atoms with E-state index in [1.54, 1.807) is 13.2 Å². The average Bonchev–Trinajstić information content (AvgIpc) is 2.27. The molecule has 17 heavy (non-hydrogen) atoms. The smallest absolute Gasteiger partial charge is 0.211 e. The van der Waals surface area contributed by atoms with Gasteiger partial charge < -0.3 is 20.9 Å². The standard InChI is InChI=1S/C10H13BrN4O2/c1-16-6-17-9-3-2-7(4-8(9)11)5-14-15-10(12)13/h2-5H,6H2,1H3,(H4,12,13,15). The van der Waals surface area contributed by atoms with E-state index in [1.807, 2.05) is 12.1 Å². The van der Waals surface area contributed by atoms with E-state index in [1.165, 1.54) is 6.21 Å². The summed E-state index contributed by atoms with van der Waals surface area (Å²) in [6, 6.07) is 5.44. The Morgan fingerprint density at radius 2 is 2.24 bits per heavy atom. The van der Waals surface area contributed by atoms with Crippen LogP contribution in [0.4, 0.5) is 0 Å². The number of benzene rings is 1. The zero-order valence-corrected chi connectivity index (χ0v) is 10.8. The fraction of sp³-hybridized carbons (Fsp3) is 0.200. The lowest BCUT2D eigenvalue weighted by molar-refractivity contribution is 0.0506. The number of halogens is 1. The second-order valence-corrected chi connectivity index (χ2v) is 3.86. The van der Waals surface area contributed by atoms with E-state index in [2.05, 4.69) is 26.1 Å². The van der Waals surface area contributed by atoms with Crippen molar-refractivity contribution in [3.8, 4) is 5.75 Å². The van der Waals surface area contributed by atoms with Crippen LogP contribution in [-0.4, -0.2) is 26.1 Å². The van der Waals surface area contributed by atoms with Gasteiger partial charge in [-0.25, -0.2) is 0 Å². The van der Waals surface area contributed by atoms with Crippen LogP contribution >= 0.6 is 15.9 Å². The van der Waals surface area contributed by atoms with Gasteiger partial charge in [0.1, 0.15) is 5.75 Å². The van der Waals surface area contributed by atoms with Crippen molar-refractivity contribution in [1.82, 2.24) is 0 Å². The van der Waals surface area contributed by atoms with Gasteiger partial charge in [-0.1, -0.05) is 0 Å². The second-order valence-electron chi connectivity index (χ2n) is 3.01. The molecule has 0 spiro atoms. The van der Waals surface area contributed by atoms with E-state index in [0.717, 1.165) is 10.0 Å². The Kier molecular flexibility index (Phi) is 5.44. The second kappa shape index (κ2) is 6.87. The van der Waals surface area contributed by atoms with E-state index >= 15 is 0 Å². The van der Waals surface area contributed by atoms with Gasteiger partial charge in [0.2, 0.25) is 5.96 Å². The van der Waals surface area contributed by atoms with Crippen molar-refractivity contribution >= 4 is 28.1 Å². The topological polar surface area (TPSA) is 95.2 Å². The van der Waals surface area contributed by atoms with Gasteiger partial charge in [0, 0.05) is 7.11 Å². The molecule has 0 saturated carbocycles. The van der Waals surface area contributed by atoms with Crippen molar-refractivity contribution in [2.45, 2.75) is 0 Å². The van der Waals surface area contributed by atoms with Crippen molar-refractivity contribution in [2.75, 3.05) is 13.9 Å². The van der Waals surface area contributed by atoms with Crippen LogP contribution in [-0.2, 0) is 4.74 Å². The fourth-order valence-corrected chi connectivity index (χ4v) is 1.51. The molecule has 0 aliphatic rings. The number of ether oxygens (including phenoxy) is 2. The largest absolute Gasteiger partial charge is 0.466 e. The summed E-state index contributed by atoms with van der Waals surface area (Å²) in [7, 11) is 1.56. The Hall–Kier alpha value is -1.60. The molecule has 1 aromatic rings. The number of rotatable bonds is 5. The number of guanidine groups is 1. The summed E-state index contributed by atoms with van der Waals surface area (Å²) in [6.07, 6.45) is 1.53. The Morgan fingerprint density at radius 1 is 1.47 bits per heavy atom. The minimum absolute atomic E-state index is 0.0830. The minimum Gasteiger partial charge on any atom is -0.466 e. The lowest BCUT2D eigenvalue weighted by Crippen LogP contribution is -2.21. The summed E-state index contributed by atoms with van der Waals surface area (Å²) in [4.78, 5) is 0. The summed E-state index contributed by atoms with van der Waals surface area (Å²) in [5.41, 5.74) is 11.1. The molecule has 92 valence electrons. The first-order valence-corrected chi connectivity index (χ1v) is 5.46. The molecule has 0 fully saturated rings. The summed E-state index contributed by atoms with van der Waals surface area (Å²) < 4.78 is 10.9. The van der Waals surface area contributed by atoms with E-state index < -0.39 is 0 Å². The number of nitrogens with zero attached hydrogens (tertiary/aromatic N) is 2. The van der Waals surface area contributed by atoms with Gasteiger partial charge in [0.15, 0.2) is 6.79 Å². The van der Waals surface area contributed by atoms with Gasteiger partial charge in [-0.3, -0.25) is 0 Å². The van der Waals surface area contributed by atoms with Gasteiger partial charge in [-0.05, 0) is 39.7 Å². The zero-order chi connectivity index (χ0) is 12.7. The number of hydrogen-bond acceptors (Lipinski definition) is 4. The Balaban J connectivity index is 2.74. The third-order valence-corrected chi connectivity index (χ3v) is 2.29. The maximum absolute atomic E-state index is 5.30. The van der Waals surface area contributed by atoms with Crippen molar-refractivity contribution in [2.24, 2.45) is 21.7 Å².